The highest BCUT2D eigenvalue weighted by atomic mass is 14.2. The minimum absolute atomic E-state index is 0.927. The maximum Gasteiger partial charge on any atom is -0.0103 e. The van der Waals surface area contributed by atoms with Crippen LogP contribution in [-0.4, -0.2) is 0 Å². The molecule has 0 heterocycles. The van der Waals surface area contributed by atoms with Crippen LogP contribution in [0, 0.1) is 11.8 Å². The molecule has 124 valence electrons. The summed E-state index contributed by atoms with van der Waals surface area (Å²) in [6.45, 7) is 17.8. The van der Waals surface area contributed by atoms with Gasteiger partial charge in [-0.2, -0.15) is 0 Å². The number of hydrogen-bond acceptors (Lipinski definition) is 0. The van der Waals surface area contributed by atoms with Crippen molar-refractivity contribution in [2.45, 2.75) is 65.7 Å². The molecule has 0 unspecified atom stereocenters. The molecule has 1 aliphatic carbocycles. The summed E-state index contributed by atoms with van der Waals surface area (Å²) in [5.74, 6) is 1.88. The van der Waals surface area contributed by atoms with Gasteiger partial charge in [-0.15, -0.1) is 6.58 Å². The Bertz CT molecular complexity index is 373. The normalized spacial score (nSPS) is 21.4. The van der Waals surface area contributed by atoms with Crippen LogP contribution in [0.15, 0.2) is 61.3 Å². The molecule has 0 spiro atoms. The van der Waals surface area contributed by atoms with E-state index in [-0.39, 0.29) is 0 Å². The first-order valence-electron chi connectivity index (χ1n) is 8.79. The predicted molar refractivity (Wildman–Crippen MR) is 103 cm³/mol. The average Bonchev–Trinajstić information content (AvgIpc) is 2.51. The van der Waals surface area contributed by atoms with Gasteiger partial charge in [-0.25, -0.2) is 0 Å². The van der Waals surface area contributed by atoms with Gasteiger partial charge in [0.25, 0.3) is 0 Å². The molecule has 1 fully saturated rings. The van der Waals surface area contributed by atoms with E-state index in [1.54, 1.807) is 6.08 Å². The van der Waals surface area contributed by atoms with E-state index in [1.807, 2.05) is 6.92 Å². The van der Waals surface area contributed by atoms with Gasteiger partial charge in [0.15, 0.2) is 0 Å². The molecule has 1 rings (SSSR count). The molecule has 1 saturated carbocycles. The molecule has 22 heavy (non-hydrogen) atoms. The van der Waals surface area contributed by atoms with Gasteiger partial charge in [-0.05, 0) is 50.9 Å². The van der Waals surface area contributed by atoms with Gasteiger partial charge in [0.05, 0.1) is 0 Å². The van der Waals surface area contributed by atoms with E-state index in [2.05, 4.69) is 57.9 Å². The fourth-order valence-corrected chi connectivity index (χ4v) is 2.51. The van der Waals surface area contributed by atoms with E-state index in [9.17, 15) is 0 Å². The molecule has 0 N–H and O–H groups in total. The Hall–Kier alpha value is -1.30. The van der Waals surface area contributed by atoms with Crippen LogP contribution in [0.3, 0.4) is 0 Å². The van der Waals surface area contributed by atoms with Gasteiger partial charge in [-0.1, -0.05) is 81.4 Å². The van der Waals surface area contributed by atoms with Gasteiger partial charge in [0, 0.05) is 0 Å². The zero-order valence-electron chi connectivity index (χ0n) is 15.1. The Morgan fingerprint density at radius 2 is 1.55 bits per heavy atom. The monoisotopic (exact) mass is 300 g/mol. The number of allylic oxidation sites excluding steroid dienone is 7. The molecule has 0 amide bonds. The second-order valence-corrected chi connectivity index (χ2v) is 6.45. The molecule has 0 aromatic heterocycles. The molecule has 0 aromatic carbocycles. The van der Waals surface area contributed by atoms with E-state index in [0.717, 1.165) is 24.7 Å². The molecular weight excluding hydrogens is 264 g/mol. The molecular formula is C22H36. The summed E-state index contributed by atoms with van der Waals surface area (Å²) < 4.78 is 0. The summed E-state index contributed by atoms with van der Waals surface area (Å²) in [6, 6.07) is 0. The van der Waals surface area contributed by atoms with Crippen LogP contribution in [0.1, 0.15) is 65.7 Å². The van der Waals surface area contributed by atoms with Gasteiger partial charge < -0.3 is 0 Å². The third-order valence-electron chi connectivity index (χ3n) is 4.16. The first kappa shape index (κ1) is 20.7. The molecule has 0 nitrogen and oxygen atoms in total. The highest BCUT2D eigenvalue weighted by Gasteiger charge is 2.16. The Labute approximate surface area is 139 Å². The van der Waals surface area contributed by atoms with Crippen LogP contribution in [-0.2, 0) is 0 Å². The lowest BCUT2D eigenvalue weighted by Crippen LogP contribution is -2.11. The van der Waals surface area contributed by atoms with Crippen molar-refractivity contribution in [3.05, 3.63) is 61.3 Å². The van der Waals surface area contributed by atoms with Crippen molar-refractivity contribution in [3.63, 3.8) is 0 Å². The number of rotatable bonds is 7. The lowest BCUT2D eigenvalue weighted by atomic mass is 9.81. The van der Waals surface area contributed by atoms with Gasteiger partial charge in [0.1, 0.15) is 0 Å². The molecule has 0 heteroatoms. The molecule has 0 aliphatic heterocycles. The van der Waals surface area contributed by atoms with Crippen molar-refractivity contribution < 1.29 is 0 Å². The fourth-order valence-electron chi connectivity index (χ4n) is 2.51. The van der Waals surface area contributed by atoms with Crippen molar-refractivity contribution in [3.8, 4) is 0 Å². The van der Waals surface area contributed by atoms with E-state index in [1.165, 1.54) is 43.3 Å². The second kappa shape index (κ2) is 13.4. The van der Waals surface area contributed by atoms with Gasteiger partial charge in [-0.3, -0.25) is 0 Å². The van der Waals surface area contributed by atoms with Crippen molar-refractivity contribution >= 4 is 0 Å². The third kappa shape index (κ3) is 11.4. The topological polar surface area (TPSA) is 0 Å². The first-order valence-corrected chi connectivity index (χ1v) is 8.79. The lowest BCUT2D eigenvalue weighted by Gasteiger charge is -2.25. The molecule has 1 aliphatic rings. The Morgan fingerprint density at radius 3 is 2.09 bits per heavy atom. The maximum atomic E-state index is 4.08. The molecule has 0 saturated heterocycles. The largest absolute Gasteiger partial charge is 0.103 e. The summed E-state index contributed by atoms with van der Waals surface area (Å²) in [6.07, 6.45) is 19.5. The van der Waals surface area contributed by atoms with Crippen molar-refractivity contribution in [1.82, 2.24) is 0 Å². The SMILES string of the molecule is C=C(/C=C\C(=C)C/C=C\CC1CCC(C)CC1)CC.C=CC. The summed E-state index contributed by atoms with van der Waals surface area (Å²) in [4.78, 5) is 0. The predicted octanol–water partition coefficient (Wildman–Crippen LogP) is 7.42. The smallest absolute Gasteiger partial charge is 0.0103 e. The molecule has 0 atom stereocenters. The Balaban J connectivity index is 0.00000135. The first-order chi connectivity index (χ1) is 10.5. The van der Waals surface area contributed by atoms with Crippen LogP contribution in [0.5, 0.6) is 0 Å². The quantitative estimate of drug-likeness (QED) is 0.339. The van der Waals surface area contributed by atoms with E-state index in [4.69, 9.17) is 0 Å². The second-order valence-electron chi connectivity index (χ2n) is 6.45. The van der Waals surface area contributed by atoms with E-state index < -0.39 is 0 Å². The standard InChI is InChI=1S/C19H30.C3H6/c1-5-16(2)10-11-17(3)8-6-7-9-19-14-12-18(4)13-15-19;1-3-2/h6-7,10-11,18-19H,2-3,5,8-9,12-15H2,1,4H3;3H,1H2,2H3/b7-6-,11-10-;. The maximum absolute atomic E-state index is 4.08. The highest BCUT2D eigenvalue weighted by molar-refractivity contribution is 5.25. The Kier molecular flexibility index (Phi) is 12.6. The van der Waals surface area contributed by atoms with Crippen LogP contribution in [0.4, 0.5) is 0 Å². The number of hydrogen-bond donors (Lipinski definition) is 0. The Morgan fingerprint density at radius 1 is 1.00 bits per heavy atom. The minimum atomic E-state index is 0.927. The van der Waals surface area contributed by atoms with E-state index in [0.29, 0.717) is 0 Å². The van der Waals surface area contributed by atoms with Crippen molar-refractivity contribution in [2.24, 2.45) is 11.8 Å². The van der Waals surface area contributed by atoms with Crippen LogP contribution >= 0.6 is 0 Å². The zero-order valence-corrected chi connectivity index (χ0v) is 15.1. The van der Waals surface area contributed by atoms with Crippen LogP contribution in [0.25, 0.3) is 0 Å². The summed E-state index contributed by atoms with van der Waals surface area (Å²) in [5, 5.41) is 0. The molecule has 0 radical (unpaired) electrons. The average molecular weight is 301 g/mol. The van der Waals surface area contributed by atoms with Gasteiger partial charge in [0.2, 0.25) is 0 Å². The van der Waals surface area contributed by atoms with Crippen LogP contribution < -0.4 is 0 Å². The molecule has 0 bridgehead atoms. The fraction of sp³-hybridized carbons (Fsp3) is 0.545. The lowest BCUT2D eigenvalue weighted by molar-refractivity contribution is 0.292. The third-order valence-corrected chi connectivity index (χ3v) is 4.16. The van der Waals surface area contributed by atoms with Crippen molar-refractivity contribution in [1.29, 1.82) is 0 Å². The minimum Gasteiger partial charge on any atom is -0.103 e. The highest BCUT2D eigenvalue weighted by Crippen LogP contribution is 2.30. The summed E-state index contributed by atoms with van der Waals surface area (Å²) in [5.41, 5.74) is 2.34. The van der Waals surface area contributed by atoms with E-state index >= 15 is 0 Å². The zero-order chi connectivity index (χ0) is 16.8. The summed E-state index contributed by atoms with van der Waals surface area (Å²) >= 11 is 0. The van der Waals surface area contributed by atoms with Crippen molar-refractivity contribution in [2.75, 3.05) is 0 Å². The van der Waals surface area contributed by atoms with Crippen LogP contribution in [0.2, 0.25) is 0 Å². The summed E-state index contributed by atoms with van der Waals surface area (Å²) in [7, 11) is 0. The van der Waals surface area contributed by atoms with Gasteiger partial charge >= 0.3 is 0 Å². The molecule has 0 aromatic rings.